The van der Waals surface area contributed by atoms with E-state index in [1.807, 2.05) is 36.4 Å². The molecule has 1 atom stereocenters. The number of nitrogens with one attached hydrogen (secondary N) is 1. The number of amides is 1. The number of aryl methyl sites for hydroxylation is 2. The lowest BCUT2D eigenvalue weighted by molar-refractivity contribution is -0.122. The van der Waals surface area contributed by atoms with Crippen molar-refractivity contribution in [2.45, 2.75) is 31.3 Å². The number of phenolic OH excluding ortho intramolecular Hbond substituents is 1. The van der Waals surface area contributed by atoms with E-state index in [9.17, 15) is 15.0 Å². The van der Waals surface area contributed by atoms with Crippen molar-refractivity contribution >= 4 is 5.91 Å². The van der Waals surface area contributed by atoms with Gasteiger partial charge in [0.1, 0.15) is 11.4 Å². The second-order valence-electron chi connectivity index (χ2n) is 6.09. The zero-order valence-electron chi connectivity index (χ0n) is 13.0. The van der Waals surface area contributed by atoms with Gasteiger partial charge in [0.25, 0.3) is 0 Å². The summed E-state index contributed by atoms with van der Waals surface area (Å²) in [5, 5.41) is 23.3. The highest BCUT2D eigenvalue weighted by molar-refractivity contribution is 5.76. The molecule has 0 radical (unpaired) electrons. The minimum Gasteiger partial charge on any atom is -0.508 e. The minimum absolute atomic E-state index is 0.119. The zero-order valence-corrected chi connectivity index (χ0v) is 13.0. The third-order valence-corrected chi connectivity index (χ3v) is 4.52. The van der Waals surface area contributed by atoms with Gasteiger partial charge in [0, 0.05) is 6.42 Å². The average Bonchev–Trinajstić information content (AvgIpc) is 2.90. The Morgan fingerprint density at radius 3 is 2.70 bits per heavy atom. The van der Waals surface area contributed by atoms with Crippen LogP contribution in [0.15, 0.2) is 48.5 Å². The van der Waals surface area contributed by atoms with E-state index in [0.717, 1.165) is 23.1 Å². The number of aromatic hydroxyl groups is 1. The van der Waals surface area contributed by atoms with E-state index in [0.29, 0.717) is 12.8 Å². The zero-order chi connectivity index (χ0) is 16.3. The first-order valence-corrected chi connectivity index (χ1v) is 7.93. The predicted molar refractivity (Wildman–Crippen MR) is 88.1 cm³/mol. The molecule has 3 rings (SSSR count). The summed E-state index contributed by atoms with van der Waals surface area (Å²) in [7, 11) is 0. The Balaban J connectivity index is 1.55. The second-order valence-corrected chi connectivity index (χ2v) is 6.09. The molecule has 0 saturated carbocycles. The number of phenols is 1. The maximum atomic E-state index is 12.0. The van der Waals surface area contributed by atoms with Crippen molar-refractivity contribution in [1.82, 2.24) is 5.32 Å². The molecule has 23 heavy (non-hydrogen) atoms. The van der Waals surface area contributed by atoms with E-state index >= 15 is 0 Å². The Kier molecular flexibility index (Phi) is 4.35. The highest BCUT2D eigenvalue weighted by Crippen LogP contribution is 2.36. The van der Waals surface area contributed by atoms with Gasteiger partial charge in [0.2, 0.25) is 5.91 Å². The Hall–Kier alpha value is -2.33. The van der Waals surface area contributed by atoms with E-state index in [2.05, 4.69) is 5.32 Å². The van der Waals surface area contributed by atoms with Crippen molar-refractivity contribution in [3.63, 3.8) is 0 Å². The molecule has 0 fully saturated rings. The van der Waals surface area contributed by atoms with Crippen molar-refractivity contribution in [2.75, 3.05) is 6.54 Å². The predicted octanol–water partition coefficient (Wildman–Crippen LogP) is 2.28. The van der Waals surface area contributed by atoms with E-state index in [1.54, 1.807) is 12.1 Å². The fourth-order valence-corrected chi connectivity index (χ4v) is 3.16. The Morgan fingerprint density at radius 2 is 1.87 bits per heavy atom. The van der Waals surface area contributed by atoms with Gasteiger partial charge in [0.05, 0.1) is 6.54 Å². The summed E-state index contributed by atoms with van der Waals surface area (Å²) >= 11 is 0. The molecule has 0 spiro atoms. The summed E-state index contributed by atoms with van der Waals surface area (Å²) in [6.07, 6.45) is 2.23. The first-order chi connectivity index (χ1) is 11.1. The Morgan fingerprint density at radius 1 is 1.13 bits per heavy atom. The fourth-order valence-electron chi connectivity index (χ4n) is 3.16. The number of hydrogen-bond donors (Lipinski definition) is 3. The quantitative estimate of drug-likeness (QED) is 0.793. The van der Waals surface area contributed by atoms with Gasteiger partial charge in [-0.25, -0.2) is 0 Å². The molecular weight excluding hydrogens is 290 g/mol. The van der Waals surface area contributed by atoms with Crippen molar-refractivity contribution in [3.05, 3.63) is 65.2 Å². The maximum Gasteiger partial charge on any atom is 0.220 e. The molecule has 4 nitrogen and oxygen atoms in total. The van der Waals surface area contributed by atoms with Gasteiger partial charge in [-0.05, 0) is 42.0 Å². The molecule has 2 aromatic carbocycles. The summed E-state index contributed by atoms with van der Waals surface area (Å²) in [4.78, 5) is 12.0. The van der Waals surface area contributed by atoms with Crippen LogP contribution in [-0.4, -0.2) is 22.7 Å². The van der Waals surface area contributed by atoms with Crippen LogP contribution in [0.5, 0.6) is 5.75 Å². The number of carbonyl (C=O) groups is 1. The number of fused-ring (bicyclic) bond motifs is 1. The van der Waals surface area contributed by atoms with Crippen LogP contribution in [0.25, 0.3) is 0 Å². The van der Waals surface area contributed by atoms with Gasteiger partial charge in [-0.1, -0.05) is 42.5 Å². The fraction of sp³-hybridized carbons (Fsp3) is 0.316. The van der Waals surface area contributed by atoms with Gasteiger partial charge in [0.15, 0.2) is 0 Å². The number of carbonyl (C=O) groups excluding carboxylic acids is 1. The third kappa shape index (κ3) is 3.37. The van der Waals surface area contributed by atoms with Gasteiger partial charge in [-0.3, -0.25) is 4.79 Å². The molecule has 0 heterocycles. The topological polar surface area (TPSA) is 69.6 Å². The number of para-hydroxylation sites is 1. The smallest absolute Gasteiger partial charge is 0.220 e. The van der Waals surface area contributed by atoms with Gasteiger partial charge in [-0.15, -0.1) is 0 Å². The van der Waals surface area contributed by atoms with Crippen LogP contribution < -0.4 is 5.32 Å². The van der Waals surface area contributed by atoms with E-state index in [4.69, 9.17) is 0 Å². The molecule has 1 aliphatic carbocycles. The molecule has 0 saturated heterocycles. The number of benzene rings is 2. The van der Waals surface area contributed by atoms with Crippen molar-refractivity contribution in [3.8, 4) is 5.75 Å². The first-order valence-electron chi connectivity index (χ1n) is 7.93. The molecule has 0 aromatic heterocycles. The van der Waals surface area contributed by atoms with Crippen molar-refractivity contribution in [2.24, 2.45) is 0 Å². The molecule has 4 heteroatoms. The molecule has 1 unspecified atom stereocenters. The molecule has 1 aliphatic rings. The average molecular weight is 311 g/mol. The Bertz CT molecular complexity index is 713. The lowest BCUT2D eigenvalue weighted by atomic mass is 9.96. The highest BCUT2D eigenvalue weighted by Gasteiger charge is 2.36. The maximum absolute atomic E-state index is 12.0. The summed E-state index contributed by atoms with van der Waals surface area (Å²) in [6, 6.07) is 14.8. The summed E-state index contributed by atoms with van der Waals surface area (Å²) in [5.74, 6) is 0.0923. The van der Waals surface area contributed by atoms with Crippen LogP contribution in [0.4, 0.5) is 0 Å². The van der Waals surface area contributed by atoms with E-state index in [1.165, 1.54) is 0 Å². The Labute approximate surface area is 135 Å². The van der Waals surface area contributed by atoms with E-state index in [-0.39, 0.29) is 24.6 Å². The molecule has 3 N–H and O–H groups in total. The highest BCUT2D eigenvalue weighted by atomic mass is 16.3. The number of rotatable bonds is 5. The number of hydrogen-bond acceptors (Lipinski definition) is 3. The third-order valence-electron chi connectivity index (χ3n) is 4.52. The molecule has 120 valence electrons. The van der Waals surface area contributed by atoms with E-state index < -0.39 is 5.60 Å². The van der Waals surface area contributed by atoms with Crippen LogP contribution >= 0.6 is 0 Å². The molecule has 0 aliphatic heterocycles. The van der Waals surface area contributed by atoms with Crippen LogP contribution in [-0.2, 0) is 23.2 Å². The molecule has 1 amide bonds. The SMILES string of the molecule is O=C(CCc1ccccc1O)NCC1(O)CCc2ccccc21. The standard InChI is InChI=1S/C19H21NO3/c21-17-8-4-2-6-15(17)9-10-18(22)20-13-19(23)12-11-14-5-1-3-7-16(14)19/h1-8,21,23H,9-13H2,(H,20,22). The van der Waals surface area contributed by atoms with Crippen LogP contribution in [0.1, 0.15) is 29.5 Å². The van der Waals surface area contributed by atoms with Crippen LogP contribution in [0.3, 0.4) is 0 Å². The summed E-state index contributed by atoms with van der Waals surface area (Å²) in [5.41, 5.74) is 1.85. The summed E-state index contributed by atoms with van der Waals surface area (Å²) in [6.45, 7) is 0.226. The van der Waals surface area contributed by atoms with Crippen molar-refractivity contribution in [1.29, 1.82) is 0 Å². The minimum atomic E-state index is -0.971. The first kappa shape index (κ1) is 15.6. The van der Waals surface area contributed by atoms with Crippen LogP contribution in [0, 0.1) is 0 Å². The van der Waals surface area contributed by atoms with Crippen LogP contribution in [0.2, 0.25) is 0 Å². The van der Waals surface area contributed by atoms with Crippen molar-refractivity contribution < 1.29 is 15.0 Å². The lowest BCUT2D eigenvalue weighted by Gasteiger charge is -2.24. The van der Waals surface area contributed by atoms with Gasteiger partial charge < -0.3 is 15.5 Å². The molecule has 2 aromatic rings. The van der Waals surface area contributed by atoms with Gasteiger partial charge >= 0.3 is 0 Å². The second kappa shape index (κ2) is 6.42. The monoisotopic (exact) mass is 311 g/mol. The summed E-state index contributed by atoms with van der Waals surface area (Å²) < 4.78 is 0. The lowest BCUT2D eigenvalue weighted by Crippen LogP contribution is -2.39. The molecular formula is C19H21NO3. The largest absolute Gasteiger partial charge is 0.508 e. The molecule has 0 bridgehead atoms. The normalized spacial score (nSPS) is 19.3. The van der Waals surface area contributed by atoms with Gasteiger partial charge in [-0.2, -0.15) is 0 Å². The number of aliphatic hydroxyl groups is 1.